The van der Waals surface area contributed by atoms with E-state index in [4.69, 9.17) is 0 Å². The summed E-state index contributed by atoms with van der Waals surface area (Å²) < 4.78 is 15.5. The number of halogens is 1. The van der Waals surface area contributed by atoms with Gasteiger partial charge in [0.15, 0.2) is 0 Å². The molecule has 1 aromatic heterocycles. The molecule has 5 heteroatoms. The third-order valence-corrected chi connectivity index (χ3v) is 4.49. The highest BCUT2D eigenvalue weighted by Crippen LogP contribution is 2.19. The molecule has 0 aliphatic rings. The zero-order valence-electron chi connectivity index (χ0n) is 15.4. The van der Waals surface area contributed by atoms with Crippen molar-refractivity contribution in [1.29, 1.82) is 0 Å². The van der Waals surface area contributed by atoms with Crippen LogP contribution in [0.4, 0.5) is 10.1 Å². The van der Waals surface area contributed by atoms with Gasteiger partial charge in [0, 0.05) is 11.4 Å². The Morgan fingerprint density at radius 3 is 2.42 bits per heavy atom. The molecule has 0 saturated heterocycles. The molecule has 0 saturated carbocycles. The van der Waals surface area contributed by atoms with Crippen LogP contribution < -0.4 is 5.32 Å². The first kappa shape index (κ1) is 17.9. The van der Waals surface area contributed by atoms with E-state index in [-0.39, 0.29) is 11.7 Å². The van der Waals surface area contributed by atoms with Gasteiger partial charge in [-0.15, -0.1) is 0 Å². The molecule has 0 aliphatic carbocycles. The zero-order chi connectivity index (χ0) is 18.8. The fourth-order valence-electron chi connectivity index (χ4n) is 2.91. The van der Waals surface area contributed by atoms with Crippen LogP contribution in [0, 0.1) is 33.5 Å². The highest BCUT2D eigenvalue weighted by atomic mass is 19.1. The van der Waals surface area contributed by atoms with Crippen molar-refractivity contribution < 1.29 is 9.18 Å². The predicted octanol–water partition coefficient (Wildman–Crippen LogP) is 4.56. The minimum absolute atomic E-state index is 0.279. The molecule has 0 aliphatic heterocycles. The number of hydrogen-bond donors (Lipinski definition) is 1. The number of hydrogen-bond acceptors (Lipinski definition) is 2. The number of carbonyl (C=O) groups is 1. The molecule has 26 heavy (non-hydrogen) atoms. The molecule has 3 rings (SSSR count). The number of nitrogens with one attached hydrogen (secondary N) is 1. The van der Waals surface area contributed by atoms with Crippen molar-refractivity contribution in [2.75, 3.05) is 5.32 Å². The molecule has 3 aromatic rings. The Labute approximate surface area is 152 Å². The first-order chi connectivity index (χ1) is 12.3. The lowest BCUT2D eigenvalue weighted by atomic mass is 10.1. The average Bonchev–Trinajstić information content (AvgIpc) is 2.87. The SMILES string of the molecule is Cc1ccc(Cn2nc(C)c(C(=O)Nc3ccc(C)c(F)c3)c2C)cc1. The van der Waals surface area contributed by atoms with E-state index in [9.17, 15) is 9.18 Å². The van der Waals surface area contributed by atoms with Crippen LogP contribution in [0.15, 0.2) is 42.5 Å². The van der Waals surface area contributed by atoms with E-state index in [0.29, 0.717) is 29.1 Å². The maximum atomic E-state index is 13.7. The maximum Gasteiger partial charge on any atom is 0.259 e. The maximum absolute atomic E-state index is 13.7. The van der Waals surface area contributed by atoms with Crippen LogP contribution in [-0.2, 0) is 6.54 Å². The average molecular weight is 351 g/mol. The lowest BCUT2D eigenvalue weighted by molar-refractivity contribution is 0.102. The second-order valence-corrected chi connectivity index (χ2v) is 6.61. The minimum Gasteiger partial charge on any atom is -0.322 e. The van der Waals surface area contributed by atoms with Gasteiger partial charge in [0.25, 0.3) is 5.91 Å². The van der Waals surface area contributed by atoms with Crippen LogP contribution in [0.3, 0.4) is 0 Å². The first-order valence-electron chi connectivity index (χ1n) is 8.52. The molecule has 2 aromatic carbocycles. The van der Waals surface area contributed by atoms with Crippen LogP contribution in [-0.4, -0.2) is 15.7 Å². The summed E-state index contributed by atoms with van der Waals surface area (Å²) in [5.41, 5.74) is 5.26. The van der Waals surface area contributed by atoms with Crippen molar-refractivity contribution in [3.63, 3.8) is 0 Å². The summed E-state index contributed by atoms with van der Waals surface area (Å²) in [6, 6.07) is 12.9. The van der Waals surface area contributed by atoms with E-state index >= 15 is 0 Å². The third kappa shape index (κ3) is 3.67. The fourth-order valence-corrected chi connectivity index (χ4v) is 2.91. The normalized spacial score (nSPS) is 10.8. The summed E-state index contributed by atoms with van der Waals surface area (Å²) in [4.78, 5) is 12.7. The van der Waals surface area contributed by atoms with Gasteiger partial charge in [-0.1, -0.05) is 35.9 Å². The molecule has 1 heterocycles. The molecule has 0 spiro atoms. The van der Waals surface area contributed by atoms with Gasteiger partial charge in [0.05, 0.1) is 17.8 Å². The van der Waals surface area contributed by atoms with Crippen LogP contribution in [0.25, 0.3) is 0 Å². The van der Waals surface area contributed by atoms with E-state index < -0.39 is 0 Å². The Morgan fingerprint density at radius 2 is 1.77 bits per heavy atom. The van der Waals surface area contributed by atoms with Crippen LogP contribution in [0.1, 0.15) is 38.4 Å². The fraction of sp³-hybridized carbons (Fsp3) is 0.238. The van der Waals surface area contributed by atoms with Gasteiger partial charge in [0.1, 0.15) is 5.82 Å². The van der Waals surface area contributed by atoms with Gasteiger partial charge in [-0.2, -0.15) is 5.10 Å². The molecule has 0 bridgehead atoms. The number of rotatable bonds is 4. The summed E-state index contributed by atoms with van der Waals surface area (Å²) in [5, 5.41) is 7.26. The van der Waals surface area contributed by atoms with Gasteiger partial charge in [-0.3, -0.25) is 9.48 Å². The summed E-state index contributed by atoms with van der Waals surface area (Å²) in [5.74, 6) is -0.621. The quantitative estimate of drug-likeness (QED) is 0.749. The number of benzene rings is 2. The lowest BCUT2D eigenvalue weighted by Gasteiger charge is -2.08. The van der Waals surface area contributed by atoms with E-state index in [2.05, 4.69) is 34.7 Å². The minimum atomic E-state index is -0.341. The number of carbonyl (C=O) groups excluding carboxylic acids is 1. The summed E-state index contributed by atoms with van der Waals surface area (Å²) >= 11 is 0. The highest BCUT2D eigenvalue weighted by Gasteiger charge is 2.19. The topological polar surface area (TPSA) is 46.9 Å². The molecular formula is C21H22FN3O. The summed E-state index contributed by atoms with van der Waals surface area (Å²) in [7, 11) is 0. The number of aromatic nitrogens is 2. The molecule has 134 valence electrons. The first-order valence-corrected chi connectivity index (χ1v) is 8.52. The summed E-state index contributed by atoms with van der Waals surface area (Å²) in [6.45, 7) is 8.01. The number of nitrogens with zero attached hydrogens (tertiary/aromatic N) is 2. The number of amides is 1. The second kappa shape index (κ2) is 7.12. The van der Waals surface area contributed by atoms with Gasteiger partial charge in [-0.05, 0) is 51.0 Å². The van der Waals surface area contributed by atoms with Crippen LogP contribution >= 0.6 is 0 Å². The molecule has 0 radical (unpaired) electrons. The highest BCUT2D eigenvalue weighted by molar-refractivity contribution is 6.05. The van der Waals surface area contributed by atoms with Crippen molar-refractivity contribution in [1.82, 2.24) is 9.78 Å². The van der Waals surface area contributed by atoms with E-state index in [0.717, 1.165) is 11.3 Å². The molecule has 0 fully saturated rings. The zero-order valence-corrected chi connectivity index (χ0v) is 15.4. The van der Waals surface area contributed by atoms with Gasteiger partial charge < -0.3 is 5.32 Å². The van der Waals surface area contributed by atoms with E-state index in [1.165, 1.54) is 11.6 Å². The van der Waals surface area contributed by atoms with Gasteiger partial charge in [0.2, 0.25) is 0 Å². The van der Waals surface area contributed by atoms with Crippen molar-refractivity contribution in [2.24, 2.45) is 0 Å². The third-order valence-electron chi connectivity index (χ3n) is 4.49. The van der Waals surface area contributed by atoms with Crippen molar-refractivity contribution in [2.45, 2.75) is 34.2 Å². The molecule has 1 N–H and O–H groups in total. The Kier molecular flexibility index (Phi) is 4.89. The van der Waals surface area contributed by atoms with Crippen LogP contribution in [0.2, 0.25) is 0 Å². The molecule has 4 nitrogen and oxygen atoms in total. The van der Waals surface area contributed by atoms with Gasteiger partial charge in [-0.25, -0.2) is 4.39 Å². The monoisotopic (exact) mass is 351 g/mol. The largest absolute Gasteiger partial charge is 0.322 e. The lowest BCUT2D eigenvalue weighted by Crippen LogP contribution is -2.14. The predicted molar refractivity (Wildman–Crippen MR) is 101 cm³/mol. The Hall–Kier alpha value is -2.95. The second-order valence-electron chi connectivity index (χ2n) is 6.61. The van der Waals surface area contributed by atoms with Gasteiger partial charge >= 0.3 is 0 Å². The van der Waals surface area contributed by atoms with Crippen molar-refractivity contribution >= 4 is 11.6 Å². The Bertz CT molecular complexity index is 958. The smallest absolute Gasteiger partial charge is 0.259 e. The van der Waals surface area contributed by atoms with Crippen molar-refractivity contribution in [3.8, 4) is 0 Å². The molecule has 0 unspecified atom stereocenters. The van der Waals surface area contributed by atoms with Crippen LogP contribution in [0.5, 0.6) is 0 Å². The van der Waals surface area contributed by atoms with E-state index in [1.807, 2.05) is 25.5 Å². The number of anilines is 1. The Balaban J connectivity index is 1.83. The molecular weight excluding hydrogens is 329 g/mol. The summed E-state index contributed by atoms with van der Waals surface area (Å²) in [6.07, 6.45) is 0. The van der Waals surface area contributed by atoms with E-state index in [1.54, 1.807) is 19.1 Å². The molecule has 0 atom stereocenters. The number of aryl methyl sites for hydroxylation is 3. The molecule has 1 amide bonds. The Morgan fingerprint density at radius 1 is 1.08 bits per heavy atom. The van der Waals surface area contributed by atoms with Crippen molar-refractivity contribution in [3.05, 3.63) is 81.9 Å². The standard InChI is InChI=1S/C21H22FN3O/c1-13-5-8-17(9-6-13)12-25-16(4)20(15(3)24-25)21(26)23-18-10-7-14(2)19(22)11-18/h5-11H,12H2,1-4H3,(H,23,26).